The summed E-state index contributed by atoms with van der Waals surface area (Å²) in [6, 6.07) is 51.8. The molecule has 34 nitrogen and oxygen atoms in total. The molecule has 0 atom stereocenters. The largest absolute Gasteiger partial charge is 0.490 e. The molecule has 17 aromatic rings. The third-order valence-corrected chi connectivity index (χ3v) is 21.4. The molecule has 2 saturated carbocycles. The number of aromatic nitrogens is 18. The molecule has 19 rings (SSSR count). The topological polar surface area (TPSA) is 448 Å². The smallest absolute Gasteiger partial charge is 0.423 e. The summed E-state index contributed by atoms with van der Waals surface area (Å²) in [6.45, 7) is 0. The van der Waals surface area contributed by atoms with Gasteiger partial charge in [-0.2, -0.15) is 10.1 Å². The highest BCUT2D eigenvalue weighted by Gasteiger charge is 2.31. The van der Waals surface area contributed by atoms with Gasteiger partial charge >= 0.3 is 7.12 Å². The van der Waals surface area contributed by atoms with Gasteiger partial charge < -0.3 is 57.7 Å². The van der Waals surface area contributed by atoms with Gasteiger partial charge in [0.2, 0.25) is 39.6 Å². The minimum atomic E-state index is -1.47. The van der Waals surface area contributed by atoms with Crippen molar-refractivity contribution in [3.05, 3.63) is 338 Å². The van der Waals surface area contributed by atoms with Crippen LogP contribution in [0.25, 0.3) is 67.1 Å². The number of halogens is 4. The first-order valence-electron chi connectivity index (χ1n) is 38.4. The number of anilines is 3. The van der Waals surface area contributed by atoms with Crippen molar-refractivity contribution in [2.45, 2.75) is 35.7 Å². The first kappa shape index (κ1) is 95.5. The second-order valence-corrected chi connectivity index (χ2v) is 32.5. The Bertz CT molecular complexity index is 7190. The van der Waals surface area contributed by atoms with Gasteiger partial charge in [0.1, 0.15) is 27.4 Å². The summed E-state index contributed by atoms with van der Waals surface area (Å²) >= 11 is 27.6. The van der Waals surface area contributed by atoms with Gasteiger partial charge in [-0.3, -0.25) is 59.1 Å². The van der Waals surface area contributed by atoms with Crippen molar-refractivity contribution >= 4 is 173 Å². The number of para-hydroxylation sites is 1. The van der Waals surface area contributed by atoms with E-state index in [2.05, 4.69) is 134 Å². The Morgan fingerprint density at radius 2 is 0.945 bits per heavy atom. The molecule has 0 aliphatic heterocycles. The number of pyridine rings is 12. The van der Waals surface area contributed by atoms with E-state index in [1.807, 2.05) is 154 Å². The van der Waals surface area contributed by atoms with Crippen LogP contribution in [0.15, 0.2) is 306 Å². The zero-order valence-corrected chi connectivity index (χ0v) is 76.4. The molecule has 652 valence electrons. The van der Waals surface area contributed by atoms with Gasteiger partial charge in [0.15, 0.2) is 32.9 Å². The first-order chi connectivity index (χ1) is 61.6. The lowest BCUT2D eigenvalue weighted by atomic mass is 9.82. The number of nitrogen functional groups attached to an aromatic ring is 1. The Labute approximate surface area is 775 Å². The fourth-order valence-electron chi connectivity index (χ4n) is 11.5. The van der Waals surface area contributed by atoms with Gasteiger partial charge in [-0.15, -0.1) is 10.2 Å². The summed E-state index contributed by atoms with van der Waals surface area (Å²) in [7, 11) is 7.15. The summed E-state index contributed by atoms with van der Waals surface area (Å²) < 4.78 is 17.9. The summed E-state index contributed by atoms with van der Waals surface area (Å²) in [5.74, 6) is 15.5. The molecule has 0 radical (unpaired) electrons. The fraction of sp³-hybridized carbons (Fsp3) is 0.128. The standard InChI is InChI=1S/C23H19N7O2S.C12H10N4OS.C11H9ClN2O.C11H10IN3O.C11H12N4O.C7H5NS.C6H6BrNO.C5H5BClNO2.H4N2/c1-28-10-15(5-9-21(28)31)16-4-7-20-26-27-23(30(20)11-16)33-17-6-8-19-24-18(13-29(19)12-17)25-22(32)14-2-3-14;1-15-6-8(3-5-11(15)17)9-2-4-10-13-14-12(18)16(10)7-9;1-14-7-9(3-5-11(14)15)8-2-4-10(12)13-6-8;12-8-3-4-10-13-9(6-15(10)5-8)14-11(16)7-1-2-7;1-15-7-9(3-5-11(15)16)8-2-4-10(14-12)13-6-8;9-6-8-7-4-2-1-3-5-7;1-8-4-5(7)2-3-6(8)9;7-5-2-1-4(3-8-5)6(9)10;1-2/h4-14H,2-3H2,1H3,(H,25,32);2-7H,1H3,(H,14,18);2-7H,1H3;3-7H,1-2H2,(H,14,16);2-7H,12H2,1H3,(H,13,14);1-5H;2-4H,1H3;1-3,9-10H;1-2H2. The van der Waals surface area contributed by atoms with Crippen LogP contribution in [-0.4, -0.2) is 120 Å². The molecule has 16 heterocycles. The molecular weight excluding hydrogens is 1910 g/mol. The molecule has 128 heavy (non-hydrogen) atoms. The minimum Gasteiger partial charge on any atom is -0.423 e. The normalized spacial score (nSPS) is 11.5. The molecule has 0 unspecified atom stereocenters. The van der Waals surface area contributed by atoms with E-state index in [-0.39, 0.29) is 51.4 Å². The van der Waals surface area contributed by atoms with Gasteiger partial charge in [-0.1, -0.05) is 47.5 Å². The third kappa shape index (κ3) is 27.4. The number of carbonyl (C=O) groups is 2. The Morgan fingerprint density at radius 1 is 0.508 bits per heavy atom. The molecule has 1 aromatic carbocycles. The highest BCUT2D eigenvalue weighted by atomic mass is 127. The lowest BCUT2D eigenvalue weighted by Crippen LogP contribution is -2.29. The van der Waals surface area contributed by atoms with E-state index in [9.17, 15) is 33.6 Å². The zero-order valence-electron chi connectivity index (χ0n) is 68.7. The Hall–Kier alpha value is -13.2. The second kappa shape index (κ2) is 45.8. The van der Waals surface area contributed by atoms with E-state index >= 15 is 0 Å². The molecule has 2 amide bonds. The SMILES string of the molecule is Cn1cc(-c2ccc(Cl)nc2)ccc1=O.Cn1cc(-c2ccc(NN)nc2)ccc1=O.Cn1cc(-c2ccc3n[nH]c(=S)n3c2)ccc1=O.Cn1cc(-c2ccc3nnc(Sc4ccc5nc(NC(=O)C6CC6)cn5c4)n3c2)ccc1=O.Cn1cc(Br)ccc1=O.NN.O=C(Nc1cn2cc(I)ccc2n1)C1CC1.OB(O)c1ccc(Cl)nc1.S=C=Nc1ccccc1. The van der Waals surface area contributed by atoms with Crippen LogP contribution in [0.3, 0.4) is 0 Å². The van der Waals surface area contributed by atoms with Crippen molar-refractivity contribution in [1.82, 2.24) is 85.8 Å². The van der Waals surface area contributed by atoms with Crippen LogP contribution >= 0.6 is 97.9 Å². The van der Waals surface area contributed by atoms with Crippen LogP contribution in [0.4, 0.5) is 23.1 Å². The van der Waals surface area contributed by atoms with Gasteiger partial charge in [-0.05, 0) is 244 Å². The number of isothiocyanates is 1. The minimum absolute atomic E-state index is 0.0122. The zero-order chi connectivity index (χ0) is 91.7. The van der Waals surface area contributed by atoms with E-state index in [0.29, 0.717) is 38.0 Å². The molecule has 42 heteroatoms. The van der Waals surface area contributed by atoms with Gasteiger partial charge in [-0.25, -0.2) is 30.8 Å². The van der Waals surface area contributed by atoms with E-state index in [1.54, 1.807) is 134 Å². The number of amides is 2. The van der Waals surface area contributed by atoms with Crippen LogP contribution < -0.4 is 66.8 Å². The van der Waals surface area contributed by atoms with Crippen molar-refractivity contribution in [2.24, 2.45) is 69.6 Å². The molecule has 16 aromatic heterocycles. The highest BCUT2D eigenvalue weighted by Crippen LogP contribution is 2.33. The second-order valence-electron chi connectivity index (χ2n) is 28.0. The van der Waals surface area contributed by atoms with Gasteiger partial charge in [0, 0.05) is 192 Å². The number of nitrogens with zero attached hydrogens (tertiary/aromatic N) is 18. The van der Waals surface area contributed by atoms with Crippen LogP contribution in [0.1, 0.15) is 25.7 Å². The number of H-pyrrole nitrogens is 1. The maximum atomic E-state index is 12.0. The van der Waals surface area contributed by atoms with Crippen molar-refractivity contribution < 1.29 is 19.6 Å². The summed E-state index contributed by atoms with van der Waals surface area (Å²) in [5, 5.41) is 42.1. The van der Waals surface area contributed by atoms with E-state index in [1.165, 1.54) is 62.0 Å². The predicted octanol–water partition coefficient (Wildman–Crippen LogP) is 11.9. The van der Waals surface area contributed by atoms with Crippen molar-refractivity contribution in [2.75, 3.05) is 16.1 Å². The van der Waals surface area contributed by atoms with Crippen LogP contribution in [-0.2, 0) is 44.8 Å². The quantitative estimate of drug-likeness (QED) is 0.00984. The molecular formula is C86H80BBrCl2IN25O9S3. The summed E-state index contributed by atoms with van der Waals surface area (Å²) in [6.07, 6.45) is 29.0. The van der Waals surface area contributed by atoms with E-state index < -0.39 is 7.12 Å². The molecule has 0 saturated heterocycles. The number of aromatic amines is 1. The van der Waals surface area contributed by atoms with Crippen molar-refractivity contribution in [3.63, 3.8) is 0 Å². The highest BCUT2D eigenvalue weighted by molar-refractivity contribution is 14.1. The average Bonchev–Trinajstić information content (AvgIpc) is 1.66. The molecule has 0 bridgehead atoms. The molecule has 2 fully saturated rings. The number of hydrazine groups is 2. The lowest BCUT2D eigenvalue weighted by molar-refractivity contribution is -0.118. The van der Waals surface area contributed by atoms with Gasteiger partial charge in [0.05, 0.1) is 23.2 Å². The third-order valence-electron chi connectivity index (χ3n) is 18.6. The van der Waals surface area contributed by atoms with Crippen molar-refractivity contribution in [1.29, 1.82) is 0 Å². The number of fused-ring (bicyclic) bond motifs is 4. The number of nitrogens with one attached hydrogen (secondary N) is 4. The van der Waals surface area contributed by atoms with Gasteiger partial charge in [0.25, 0.3) is 0 Å². The molecule has 2 aliphatic rings. The lowest BCUT2D eigenvalue weighted by Gasteiger charge is -2.06. The maximum Gasteiger partial charge on any atom is 0.490 e. The Balaban J connectivity index is 0.000000147. The number of carbonyl (C=O) groups excluding carboxylic acids is 2. The number of rotatable bonds is 13. The van der Waals surface area contributed by atoms with Crippen LogP contribution in [0.5, 0.6) is 0 Å². The summed E-state index contributed by atoms with van der Waals surface area (Å²) in [5.41, 5.74) is 14.2. The fourth-order valence-corrected chi connectivity index (χ4v) is 13.7. The number of aryl methyl sites for hydroxylation is 5. The predicted molar refractivity (Wildman–Crippen MR) is 515 cm³/mol. The first-order valence-corrected chi connectivity index (χ1v) is 42.7. The molecule has 12 N–H and O–H groups in total. The number of benzene rings is 1. The number of imidazole rings is 2. The van der Waals surface area contributed by atoms with Crippen LogP contribution in [0.2, 0.25) is 10.3 Å². The number of nitrogens with two attached hydrogens (primary N) is 3. The van der Waals surface area contributed by atoms with E-state index in [4.69, 9.17) is 51.3 Å². The van der Waals surface area contributed by atoms with Crippen molar-refractivity contribution in [3.8, 4) is 44.5 Å². The molecule has 0 spiro atoms. The molecule has 2 aliphatic carbocycles. The number of hydrogen-bond acceptors (Lipinski definition) is 25. The summed E-state index contributed by atoms with van der Waals surface area (Å²) in [4.78, 5) is 105. The monoisotopic (exact) mass is 1990 g/mol. The van der Waals surface area contributed by atoms with E-state index in [0.717, 1.165) is 117 Å². The Kier molecular flexibility index (Phi) is 34.2. The number of thiocarbonyl (C=S) groups is 1. The Morgan fingerprint density at radius 3 is 1.40 bits per heavy atom. The average molecular weight is 1990 g/mol. The van der Waals surface area contributed by atoms with Crippen LogP contribution in [0, 0.1) is 20.2 Å². The number of hydrogen-bond donors (Lipinski definition) is 9. The maximum absolute atomic E-state index is 12.0. The number of aliphatic imine (C=N–C) groups is 1.